The molecular weight excluding hydrogens is 272 g/mol. The number of halogens is 1. The quantitative estimate of drug-likeness (QED) is 0.332. The summed E-state index contributed by atoms with van der Waals surface area (Å²) >= 11 is 5.37. The van der Waals surface area contributed by atoms with Crippen LogP contribution in [0.25, 0.3) is 0 Å². The molecule has 0 aliphatic heterocycles. The van der Waals surface area contributed by atoms with E-state index in [1.807, 2.05) is 0 Å². The van der Waals surface area contributed by atoms with Gasteiger partial charge in [-0.25, -0.2) is 0 Å². The van der Waals surface area contributed by atoms with Gasteiger partial charge in [-0.1, -0.05) is 57.1 Å². The normalized spacial score (nSPS) is 12.5. The van der Waals surface area contributed by atoms with Gasteiger partial charge in [0.2, 0.25) is 0 Å². The van der Waals surface area contributed by atoms with Crippen molar-refractivity contribution in [1.29, 1.82) is 0 Å². The fourth-order valence-electron chi connectivity index (χ4n) is 1.38. The second kappa shape index (κ2) is 9.64. The third-order valence-corrected chi connectivity index (χ3v) is 8.38. The maximum absolute atomic E-state index is 6.14. The summed E-state index contributed by atoms with van der Waals surface area (Å²) in [6, 6.07) is 0. The first-order chi connectivity index (χ1) is 8.81. The molecule has 0 amide bonds. The van der Waals surface area contributed by atoms with Crippen LogP contribution in [-0.2, 0) is 4.43 Å². The summed E-state index contributed by atoms with van der Waals surface area (Å²) in [6.45, 7) is 12.4. The van der Waals surface area contributed by atoms with Crippen molar-refractivity contribution in [1.82, 2.24) is 0 Å². The molecule has 0 bridgehead atoms. The van der Waals surface area contributed by atoms with Gasteiger partial charge in [0.25, 0.3) is 0 Å². The summed E-state index contributed by atoms with van der Waals surface area (Å²) in [4.78, 5) is 0. The number of unbranched alkanes of at least 4 members (excludes halogenated alkanes) is 4. The minimum atomic E-state index is -1.54. The van der Waals surface area contributed by atoms with E-state index < -0.39 is 8.32 Å². The van der Waals surface area contributed by atoms with E-state index in [0.717, 1.165) is 13.0 Å². The van der Waals surface area contributed by atoms with Crippen molar-refractivity contribution in [3.63, 3.8) is 0 Å². The van der Waals surface area contributed by atoms with Crippen molar-refractivity contribution in [2.45, 2.75) is 71.0 Å². The summed E-state index contributed by atoms with van der Waals surface area (Å²) in [6.07, 6.45) is 7.45. The molecule has 0 aromatic heterocycles. The second-order valence-corrected chi connectivity index (χ2v) is 11.4. The van der Waals surface area contributed by atoms with Gasteiger partial charge in [-0.3, -0.25) is 0 Å². The van der Waals surface area contributed by atoms with Crippen LogP contribution >= 0.6 is 11.6 Å². The molecule has 0 fully saturated rings. The predicted octanol–water partition coefficient (Wildman–Crippen LogP) is 5.71. The number of rotatable bonds is 7. The summed E-state index contributed by atoms with van der Waals surface area (Å²) in [7, 11) is -1.54. The molecule has 0 aromatic carbocycles. The highest BCUT2D eigenvalue weighted by Crippen LogP contribution is 2.36. The first-order valence-corrected chi connectivity index (χ1v) is 10.5. The van der Waals surface area contributed by atoms with Crippen molar-refractivity contribution < 1.29 is 4.43 Å². The monoisotopic (exact) mass is 300 g/mol. The van der Waals surface area contributed by atoms with Crippen molar-refractivity contribution in [3.05, 3.63) is 11.6 Å². The standard InChI is InChI=1S/C16H29ClOSi/c1-16(2,3)19(4,5)18-15-13-11-9-7-6-8-10-12-14-17/h12,14H,6-7,9,11,13,15H2,1-5H3. The summed E-state index contributed by atoms with van der Waals surface area (Å²) in [5, 5.41) is 0.318. The average molecular weight is 301 g/mol. The molecule has 0 saturated carbocycles. The second-order valence-electron chi connectivity index (χ2n) is 6.39. The lowest BCUT2D eigenvalue weighted by Gasteiger charge is -2.36. The first-order valence-electron chi connectivity index (χ1n) is 7.19. The lowest BCUT2D eigenvalue weighted by Crippen LogP contribution is -2.40. The molecule has 0 heterocycles. The van der Waals surface area contributed by atoms with Gasteiger partial charge in [-0.15, -0.1) is 0 Å². The van der Waals surface area contributed by atoms with Crippen LogP contribution in [0.15, 0.2) is 11.6 Å². The molecule has 0 radical (unpaired) electrons. The molecule has 3 heteroatoms. The van der Waals surface area contributed by atoms with Crippen LogP contribution in [0, 0.1) is 11.8 Å². The van der Waals surface area contributed by atoms with Gasteiger partial charge >= 0.3 is 0 Å². The van der Waals surface area contributed by atoms with E-state index in [9.17, 15) is 0 Å². The molecule has 0 aromatic rings. The van der Waals surface area contributed by atoms with Crippen molar-refractivity contribution in [3.8, 4) is 11.8 Å². The van der Waals surface area contributed by atoms with Gasteiger partial charge in [0.15, 0.2) is 8.32 Å². The molecule has 110 valence electrons. The Morgan fingerprint density at radius 3 is 2.32 bits per heavy atom. The molecule has 0 saturated heterocycles. The Balaban J connectivity index is 3.55. The maximum atomic E-state index is 6.14. The largest absolute Gasteiger partial charge is 0.417 e. The Morgan fingerprint density at radius 1 is 1.11 bits per heavy atom. The highest BCUT2D eigenvalue weighted by atomic mass is 35.5. The molecule has 0 atom stereocenters. The van der Waals surface area contributed by atoms with E-state index in [4.69, 9.17) is 16.0 Å². The summed E-state index contributed by atoms with van der Waals surface area (Å²) < 4.78 is 6.14. The highest BCUT2D eigenvalue weighted by molar-refractivity contribution is 6.74. The Labute approximate surface area is 125 Å². The average Bonchev–Trinajstić information content (AvgIpc) is 2.30. The third-order valence-electron chi connectivity index (χ3n) is 3.71. The molecule has 0 rings (SSSR count). The van der Waals surface area contributed by atoms with Crippen molar-refractivity contribution >= 4 is 19.9 Å². The zero-order valence-corrected chi connectivity index (χ0v) is 14.9. The molecule has 0 N–H and O–H groups in total. The molecule has 0 aliphatic rings. The third kappa shape index (κ3) is 9.32. The van der Waals surface area contributed by atoms with Crippen LogP contribution in [0.3, 0.4) is 0 Å². The van der Waals surface area contributed by atoms with E-state index in [2.05, 4.69) is 45.7 Å². The Morgan fingerprint density at radius 2 is 1.74 bits per heavy atom. The molecule has 0 unspecified atom stereocenters. The zero-order chi connectivity index (χ0) is 14.8. The molecule has 0 aliphatic carbocycles. The van der Waals surface area contributed by atoms with Crippen LogP contribution in [0.2, 0.25) is 18.1 Å². The zero-order valence-electron chi connectivity index (χ0n) is 13.2. The fraction of sp³-hybridized carbons (Fsp3) is 0.750. The minimum absolute atomic E-state index is 0.318. The molecule has 1 nitrogen and oxygen atoms in total. The lowest BCUT2D eigenvalue weighted by atomic mass is 10.1. The van der Waals surface area contributed by atoms with E-state index in [1.54, 1.807) is 6.08 Å². The first kappa shape index (κ1) is 18.8. The molecule has 19 heavy (non-hydrogen) atoms. The molecular formula is C16H29ClOSi. The number of hydrogen-bond acceptors (Lipinski definition) is 1. The van der Waals surface area contributed by atoms with E-state index in [0.29, 0.717) is 5.04 Å². The maximum Gasteiger partial charge on any atom is 0.191 e. The van der Waals surface area contributed by atoms with Gasteiger partial charge in [0.1, 0.15) is 0 Å². The summed E-state index contributed by atoms with van der Waals surface area (Å²) in [5.74, 6) is 5.97. The van der Waals surface area contributed by atoms with Gasteiger partial charge in [0.05, 0.1) is 0 Å². The van der Waals surface area contributed by atoms with E-state index in [-0.39, 0.29) is 0 Å². The Bertz CT molecular complexity index is 318. The van der Waals surface area contributed by atoms with Crippen LogP contribution in [0.1, 0.15) is 52.9 Å². The van der Waals surface area contributed by atoms with Crippen LogP contribution in [0.5, 0.6) is 0 Å². The lowest BCUT2D eigenvalue weighted by molar-refractivity contribution is 0.277. The van der Waals surface area contributed by atoms with Crippen molar-refractivity contribution in [2.75, 3.05) is 6.61 Å². The van der Waals surface area contributed by atoms with Gasteiger partial charge in [-0.2, -0.15) is 0 Å². The fourth-order valence-corrected chi connectivity index (χ4v) is 2.53. The van der Waals surface area contributed by atoms with Gasteiger partial charge in [-0.05, 0) is 37.0 Å². The Hall–Kier alpha value is -0.233. The van der Waals surface area contributed by atoms with Crippen LogP contribution in [-0.4, -0.2) is 14.9 Å². The Kier molecular flexibility index (Phi) is 9.52. The van der Waals surface area contributed by atoms with Crippen molar-refractivity contribution in [2.24, 2.45) is 0 Å². The van der Waals surface area contributed by atoms with Crippen LogP contribution in [0.4, 0.5) is 0 Å². The summed E-state index contributed by atoms with van der Waals surface area (Å²) in [5.41, 5.74) is 1.45. The van der Waals surface area contributed by atoms with Gasteiger partial charge < -0.3 is 4.43 Å². The van der Waals surface area contributed by atoms with Crippen LogP contribution < -0.4 is 0 Å². The highest BCUT2D eigenvalue weighted by Gasteiger charge is 2.36. The van der Waals surface area contributed by atoms with E-state index >= 15 is 0 Å². The SMILES string of the molecule is CC(C)(C)[Si](C)(C)OCCCCCCC#CC=CCl. The number of allylic oxidation sites excluding steroid dienone is 1. The smallest absolute Gasteiger partial charge is 0.191 e. The predicted molar refractivity (Wildman–Crippen MR) is 89.0 cm³/mol. The van der Waals surface area contributed by atoms with Gasteiger partial charge in [0, 0.05) is 18.6 Å². The number of hydrogen-bond donors (Lipinski definition) is 0. The molecule has 0 spiro atoms. The van der Waals surface area contributed by atoms with E-state index in [1.165, 1.54) is 31.2 Å². The topological polar surface area (TPSA) is 9.23 Å². The minimum Gasteiger partial charge on any atom is -0.417 e.